The topological polar surface area (TPSA) is 50.4 Å². The van der Waals surface area contributed by atoms with Crippen LogP contribution in [0.3, 0.4) is 0 Å². The molecule has 0 bridgehead atoms. The van der Waals surface area contributed by atoms with Crippen molar-refractivity contribution in [1.82, 2.24) is 5.32 Å². The molecule has 2 aromatic rings. The predicted molar refractivity (Wildman–Crippen MR) is 94.9 cm³/mol. The number of anilines is 1. The van der Waals surface area contributed by atoms with Crippen LogP contribution in [0.15, 0.2) is 57.9 Å². The highest BCUT2D eigenvalue weighted by Gasteiger charge is 2.05. The van der Waals surface area contributed by atoms with Gasteiger partial charge in [0.05, 0.1) is 12.8 Å². The molecule has 0 saturated heterocycles. The second-order valence-electron chi connectivity index (χ2n) is 4.38. The Morgan fingerprint density at radius 1 is 1.18 bits per heavy atom. The number of thioether (sulfide) groups is 1. The Labute approximate surface area is 142 Å². The van der Waals surface area contributed by atoms with Gasteiger partial charge in [0.1, 0.15) is 5.75 Å². The Hall–Kier alpha value is -1.66. The third kappa shape index (κ3) is 5.27. The van der Waals surface area contributed by atoms with E-state index in [4.69, 9.17) is 4.74 Å². The highest BCUT2D eigenvalue weighted by molar-refractivity contribution is 9.10. The van der Waals surface area contributed by atoms with E-state index in [1.807, 2.05) is 36.4 Å². The normalized spacial score (nSPS) is 10.1. The first-order valence-electron chi connectivity index (χ1n) is 6.75. The van der Waals surface area contributed by atoms with E-state index in [9.17, 15) is 4.79 Å². The van der Waals surface area contributed by atoms with Crippen molar-refractivity contribution >= 4 is 39.4 Å². The third-order valence-electron chi connectivity index (χ3n) is 2.83. The van der Waals surface area contributed by atoms with Crippen LogP contribution in [0.2, 0.25) is 0 Å². The summed E-state index contributed by atoms with van der Waals surface area (Å²) in [6.45, 7) is 0.585. The lowest BCUT2D eigenvalue weighted by Gasteiger charge is -2.10. The summed E-state index contributed by atoms with van der Waals surface area (Å²) in [4.78, 5) is 13.0. The zero-order valence-electron chi connectivity index (χ0n) is 12.1. The van der Waals surface area contributed by atoms with Crippen LogP contribution < -0.4 is 15.4 Å². The van der Waals surface area contributed by atoms with Crippen LogP contribution in [-0.2, 0) is 0 Å². The molecule has 0 aromatic heterocycles. The number of rotatable bonds is 6. The number of carbonyl (C=O) groups is 1. The van der Waals surface area contributed by atoms with Gasteiger partial charge < -0.3 is 15.4 Å². The van der Waals surface area contributed by atoms with Gasteiger partial charge in [0.25, 0.3) is 0 Å². The molecular formula is C16H17BrN2O2S. The van der Waals surface area contributed by atoms with Gasteiger partial charge in [0.15, 0.2) is 0 Å². The summed E-state index contributed by atoms with van der Waals surface area (Å²) in [7, 11) is 1.58. The molecule has 6 heteroatoms. The number of hydrogen-bond donors (Lipinski definition) is 2. The minimum atomic E-state index is -0.235. The van der Waals surface area contributed by atoms with Crippen molar-refractivity contribution in [2.45, 2.75) is 4.90 Å². The number of urea groups is 1. The Kier molecular flexibility index (Phi) is 6.61. The van der Waals surface area contributed by atoms with Crippen molar-refractivity contribution in [3.8, 4) is 5.75 Å². The zero-order chi connectivity index (χ0) is 15.8. The van der Waals surface area contributed by atoms with Crippen molar-refractivity contribution in [2.75, 3.05) is 24.7 Å². The maximum absolute atomic E-state index is 11.8. The fraction of sp³-hybridized carbons (Fsp3) is 0.188. The van der Waals surface area contributed by atoms with Crippen molar-refractivity contribution in [1.29, 1.82) is 0 Å². The summed E-state index contributed by atoms with van der Waals surface area (Å²) in [5, 5.41) is 5.61. The van der Waals surface area contributed by atoms with E-state index in [0.717, 1.165) is 10.2 Å². The van der Waals surface area contributed by atoms with Crippen LogP contribution >= 0.6 is 27.7 Å². The number of amides is 2. The first-order chi connectivity index (χ1) is 10.7. The number of ether oxygens (including phenoxy) is 1. The number of hydrogen-bond acceptors (Lipinski definition) is 3. The molecule has 2 amide bonds. The van der Waals surface area contributed by atoms with Crippen LogP contribution in [0.4, 0.5) is 10.5 Å². The second kappa shape index (κ2) is 8.70. The zero-order valence-corrected chi connectivity index (χ0v) is 14.5. The first kappa shape index (κ1) is 16.7. The van der Waals surface area contributed by atoms with Crippen molar-refractivity contribution < 1.29 is 9.53 Å². The number of para-hydroxylation sites is 2. The minimum absolute atomic E-state index is 0.235. The average molecular weight is 381 g/mol. The van der Waals surface area contributed by atoms with Crippen LogP contribution in [0.5, 0.6) is 5.75 Å². The van der Waals surface area contributed by atoms with Gasteiger partial charge in [-0.25, -0.2) is 4.79 Å². The van der Waals surface area contributed by atoms with Gasteiger partial charge in [-0.1, -0.05) is 28.1 Å². The van der Waals surface area contributed by atoms with Crippen molar-refractivity contribution in [2.24, 2.45) is 0 Å². The molecule has 4 nitrogen and oxygen atoms in total. The molecule has 0 atom stereocenters. The van der Waals surface area contributed by atoms with E-state index in [0.29, 0.717) is 18.0 Å². The maximum atomic E-state index is 11.8. The SMILES string of the molecule is COc1ccccc1NC(=O)NCCSc1ccc(Br)cc1. The molecule has 116 valence electrons. The maximum Gasteiger partial charge on any atom is 0.319 e. The fourth-order valence-electron chi connectivity index (χ4n) is 1.78. The van der Waals surface area contributed by atoms with E-state index in [2.05, 4.69) is 26.6 Å². The highest BCUT2D eigenvalue weighted by Crippen LogP contribution is 2.23. The van der Waals surface area contributed by atoms with Gasteiger partial charge in [0.2, 0.25) is 0 Å². The third-order valence-corrected chi connectivity index (χ3v) is 4.37. The fourth-order valence-corrected chi connectivity index (χ4v) is 2.81. The molecule has 0 aliphatic heterocycles. The smallest absolute Gasteiger partial charge is 0.319 e. The predicted octanol–water partition coefficient (Wildman–Crippen LogP) is 4.37. The minimum Gasteiger partial charge on any atom is -0.495 e. The molecule has 2 N–H and O–H groups in total. The van der Waals surface area contributed by atoms with E-state index in [1.54, 1.807) is 31.0 Å². The number of nitrogens with one attached hydrogen (secondary N) is 2. The number of carbonyl (C=O) groups excluding carboxylic acids is 1. The molecule has 0 aliphatic rings. The van der Waals surface area contributed by atoms with E-state index >= 15 is 0 Å². The quantitative estimate of drug-likeness (QED) is 0.577. The Morgan fingerprint density at radius 2 is 1.91 bits per heavy atom. The molecule has 0 aliphatic carbocycles. The number of halogens is 1. The van der Waals surface area contributed by atoms with Crippen molar-refractivity contribution in [3.63, 3.8) is 0 Å². The van der Waals surface area contributed by atoms with Crippen LogP contribution in [0.25, 0.3) is 0 Å². The van der Waals surface area contributed by atoms with Gasteiger partial charge >= 0.3 is 6.03 Å². The summed E-state index contributed by atoms with van der Waals surface area (Å²) in [6.07, 6.45) is 0. The summed E-state index contributed by atoms with van der Waals surface area (Å²) in [6, 6.07) is 15.2. The van der Waals surface area contributed by atoms with E-state index < -0.39 is 0 Å². The molecular weight excluding hydrogens is 364 g/mol. The number of benzene rings is 2. The molecule has 22 heavy (non-hydrogen) atoms. The number of methoxy groups -OCH3 is 1. The summed E-state index contributed by atoms with van der Waals surface area (Å²) in [5.41, 5.74) is 0.656. The lowest BCUT2D eigenvalue weighted by molar-refractivity contribution is 0.252. The summed E-state index contributed by atoms with van der Waals surface area (Å²) in [5.74, 6) is 1.45. The molecule has 0 heterocycles. The van der Waals surface area contributed by atoms with E-state index in [-0.39, 0.29) is 6.03 Å². The first-order valence-corrected chi connectivity index (χ1v) is 8.53. The molecule has 0 saturated carbocycles. The summed E-state index contributed by atoms with van der Waals surface area (Å²) >= 11 is 5.10. The van der Waals surface area contributed by atoms with Crippen LogP contribution in [0.1, 0.15) is 0 Å². The van der Waals surface area contributed by atoms with Crippen LogP contribution in [0, 0.1) is 0 Å². The lowest BCUT2D eigenvalue weighted by atomic mass is 10.3. The molecule has 0 spiro atoms. The van der Waals surface area contributed by atoms with Crippen LogP contribution in [-0.4, -0.2) is 25.4 Å². The lowest BCUT2D eigenvalue weighted by Crippen LogP contribution is -2.30. The van der Waals surface area contributed by atoms with Gasteiger partial charge in [-0.2, -0.15) is 0 Å². The summed E-state index contributed by atoms with van der Waals surface area (Å²) < 4.78 is 6.25. The van der Waals surface area contributed by atoms with Gasteiger partial charge in [-0.3, -0.25) is 0 Å². The van der Waals surface area contributed by atoms with Crippen molar-refractivity contribution in [3.05, 3.63) is 53.0 Å². The molecule has 0 radical (unpaired) electrons. The Bertz CT molecular complexity index is 620. The molecule has 2 rings (SSSR count). The van der Waals surface area contributed by atoms with Gasteiger partial charge in [0, 0.05) is 21.7 Å². The second-order valence-corrected chi connectivity index (χ2v) is 6.47. The standard InChI is InChI=1S/C16H17BrN2O2S/c1-21-15-5-3-2-4-14(15)19-16(20)18-10-11-22-13-8-6-12(17)7-9-13/h2-9H,10-11H2,1H3,(H2,18,19,20). The highest BCUT2D eigenvalue weighted by atomic mass is 79.9. The van der Waals surface area contributed by atoms with E-state index in [1.165, 1.54) is 4.90 Å². The average Bonchev–Trinajstić information content (AvgIpc) is 2.54. The largest absolute Gasteiger partial charge is 0.495 e. The molecule has 0 unspecified atom stereocenters. The van der Waals surface area contributed by atoms with Gasteiger partial charge in [-0.05, 0) is 36.4 Å². The molecule has 2 aromatic carbocycles. The van der Waals surface area contributed by atoms with Gasteiger partial charge in [-0.15, -0.1) is 11.8 Å². The molecule has 0 fully saturated rings. The Morgan fingerprint density at radius 3 is 2.64 bits per heavy atom. The monoisotopic (exact) mass is 380 g/mol. The Balaban J connectivity index is 1.72.